The first-order valence-corrected chi connectivity index (χ1v) is 10.4. The van der Waals surface area contributed by atoms with Crippen molar-refractivity contribution in [3.8, 4) is 0 Å². The molecule has 0 aromatic rings. The van der Waals surface area contributed by atoms with Gasteiger partial charge < -0.3 is 24.6 Å². The molecule has 0 saturated carbocycles. The summed E-state index contributed by atoms with van der Waals surface area (Å²) in [4.78, 5) is 21.7. The molecule has 2 aliphatic heterocycles. The van der Waals surface area contributed by atoms with Gasteiger partial charge >= 0.3 is 6.09 Å². The minimum absolute atomic E-state index is 0. The molecular formula is C20H39IN4O3. The van der Waals surface area contributed by atoms with Crippen molar-refractivity contribution in [2.24, 2.45) is 10.9 Å². The first-order valence-electron chi connectivity index (χ1n) is 10.4. The van der Waals surface area contributed by atoms with Crippen LogP contribution in [0.25, 0.3) is 0 Å². The summed E-state index contributed by atoms with van der Waals surface area (Å²) in [6.07, 6.45) is 4.06. The first kappa shape index (κ1) is 25.3. The molecule has 1 amide bonds. The van der Waals surface area contributed by atoms with Crippen LogP contribution in [-0.2, 0) is 9.47 Å². The van der Waals surface area contributed by atoms with E-state index in [1.54, 1.807) is 7.11 Å². The molecule has 2 atom stereocenters. The number of halogens is 1. The Morgan fingerprint density at radius 3 is 2.61 bits per heavy atom. The van der Waals surface area contributed by atoms with Gasteiger partial charge in [0.25, 0.3) is 0 Å². The van der Waals surface area contributed by atoms with E-state index in [9.17, 15) is 4.79 Å². The van der Waals surface area contributed by atoms with Crippen LogP contribution in [0.5, 0.6) is 0 Å². The highest BCUT2D eigenvalue weighted by molar-refractivity contribution is 14.0. The van der Waals surface area contributed by atoms with Crippen LogP contribution >= 0.6 is 24.0 Å². The Balaban J connectivity index is 0.00000392. The molecule has 164 valence electrons. The van der Waals surface area contributed by atoms with Crippen molar-refractivity contribution in [3.05, 3.63) is 0 Å². The predicted molar refractivity (Wildman–Crippen MR) is 124 cm³/mol. The lowest BCUT2D eigenvalue weighted by Crippen LogP contribution is -2.48. The standard InChI is InChI=1S/C20H38N4O3.HI/c1-6-21-18(23-12-10-16(14-23)15-26-5)22-13-17-9-7-8-11-24(17)19(25)27-20(2,3)4;/h16-17H,6-15H2,1-5H3,(H,21,22);1H. The van der Waals surface area contributed by atoms with Gasteiger partial charge in [0.15, 0.2) is 5.96 Å². The van der Waals surface area contributed by atoms with Crippen LogP contribution in [0.4, 0.5) is 4.79 Å². The largest absolute Gasteiger partial charge is 0.444 e. The number of methoxy groups -OCH3 is 1. The van der Waals surface area contributed by atoms with Crippen LogP contribution in [0.15, 0.2) is 4.99 Å². The average Bonchev–Trinajstić information content (AvgIpc) is 3.06. The highest BCUT2D eigenvalue weighted by atomic mass is 127. The van der Waals surface area contributed by atoms with Gasteiger partial charge in [0.2, 0.25) is 0 Å². The quantitative estimate of drug-likeness (QED) is 0.349. The number of hydrogen-bond donors (Lipinski definition) is 1. The van der Waals surface area contributed by atoms with Crippen molar-refractivity contribution in [1.29, 1.82) is 0 Å². The second-order valence-corrected chi connectivity index (χ2v) is 8.57. The molecule has 0 aromatic carbocycles. The maximum atomic E-state index is 12.6. The fourth-order valence-electron chi connectivity index (χ4n) is 3.77. The summed E-state index contributed by atoms with van der Waals surface area (Å²) in [5, 5.41) is 3.41. The molecule has 2 rings (SSSR count). The van der Waals surface area contributed by atoms with Gasteiger partial charge in [-0.1, -0.05) is 0 Å². The molecule has 28 heavy (non-hydrogen) atoms. The monoisotopic (exact) mass is 510 g/mol. The number of carbonyl (C=O) groups excluding carboxylic acids is 1. The smallest absolute Gasteiger partial charge is 0.410 e. The Bertz CT molecular complexity index is 510. The van der Waals surface area contributed by atoms with Gasteiger partial charge in [0.05, 0.1) is 19.2 Å². The second-order valence-electron chi connectivity index (χ2n) is 8.57. The Morgan fingerprint density at radius 1 is 1.21 bits per heavy atom. The summed E-state index contributed by atoms with van der Waals surface area (Å²) in [6, 6.07) is 0.111. The second kappa shape index (κ2) is 12.0. The summed E-state index contributed by atoms with van der Waals surface area (Å²) < 4.78 is 10.9. The maximum absolute atomic E-state index is 12.6. The number of piperidine rings is 1. The topological polar surface area (TPSA) is 66.4 Å². The summed E-state index contributed by atoms with van der Waals surface area (Å²) in [6.45, 7) is 12.8. The van der Waals surface area contributed by atoms with Crippen LogP contribution in [0, 0.1) is 5.92 Å². The number of carbonyl (C=O) groups is 1. The van der Waals surface area contributed by atoms with Gasteiger partial charge in [0, 0.05) is 39.2 Å². The van der Waals surface area contributed by atoms with E-state index in [-0.39, 0.29) is 36.1 Å². The number of amides is 1. The molecule has 8 heteroatoms. The third-order valence-electron chi connectivity index (χ3n) is 5.03. The van der Waals surface area contributed by atoms with E-state index in [0.717, 1.165) is 64.4 Å². The molecule has 7 nitrogen and oxygen atoms in total. The number of aliphatic imine (C=N–C) groups is 1. The van der Waals surface area contributed by atoms with Crippen molar-refractivity contribution < 1.29 is 14.3 Å². The molecule has 0 spiro atoms. The van der Waals surface area contributed by atoms with Crippen molar-refractivity contribution >= 4 is 36.0 Å². The van der Waals surface area contributed by atoms with Crippen LogP contribution in [0.3, 0.4) is 0 Å². The van der Waals surface area contributed by atoms with E-state index in [1.165, 1.54) is 0 Å². The molecule has 0 radical (unpaired) electrons. The van der Waals surface area contributed by atoms with E-state index in [4.69, 9.17) is 14.5 Å². The number of likely N-dealkylation sites (tertiary alicyclic amines) is 2. The van der Waals surface area contributed by atoms with E-state index in [0.29, 0.717) is 12.5 Å². The van der Waals surface area contributed by atoms with Gasteiger partial charge in [-0.2, -0.15) is 0 Å². The summed E-state index contributed by atoms with van der Waals surface area (Å²) in [5.74, 6) is 1.51. The van der Waals surface area contributed by atoms with E-state index in [2.05, 4.69) is 17.1 Å². The average molecular weight is 510 g/mol. The number of rotatable bonds is 5. The van der Waals surface area contributed by atoms with Gasteiger partial charge in [-0.3, -0.25) is 4.99 Å². The highest BCUT2D eigenvalue weighted by Gasteiger charge is 2.31. The lowest BCUT2D eigenvalue weighted by Gasteiger charge is -2.36. The Morgan fingerprint density at radius 2 is 1.96 bits per heavy atom. The van der Waals surface area contributed by atoms with Crippen LogP contribution in [0.1, 0.15) is 53.4 Å². The third kappa shape index (κ3) is 7.93. The minimum atomic E-state index is -0.469. The zero-order valence-corrected chi connectivity index (χ0v) is 20.5. The predicted octanol–water partition coefficient (Wildman–Crippen LogP) is 3.33. The fourth-order valence-corrected chi connectivity index (χ4v) is 3.77. The number of ether oxygens (including phenoxy) is 2. The maximum Gasteiger partial charge on any atom is 0.410 e. The summed E-state index contributed by atoms with van der Waals surface area (Å²) in [7, 11) is 1.76. The van der Waals surface area contributed by atoms with Crippen LogP contribution < -0.4 is 5.32 Å². The number of guanidine groups is 1. The molecule has 2 saturated heterocycles. The molecular weight excluding hydrogens is 471 g/mol. The number of hydrogen-bond acceptors (Lipinski definition) is 4. The summed E-state index contributed by atoms with van der Waals surface area (Å²) >= 11 is 0. The van der Waals surface area contributed by atoms with Crippen LogP contribution in [-0.4, -0.2) is 79.9 Å². The number of nitrogens with zero attached hydrogens (tertiary/aromatic N) is 3. The van der Waals surface area contributed by atoms with Crippen molar-refractivity contribution in [1.82, 2.24) is 15.1 Å². The highest BCUT2D eigenvalue weighted by Crippen LogP contribution is 2.21. The number of nitrogens with one attached hydrogen (secondary N) is 1. The Kier molecular flexibility index (Phi) is 10.9. The Hall–Kier alpha value is -0.770. The molecule has 0 aliphatic carbocycles. The van der Waals surface area contributed by atoms with Gasteiger partial charge in [-0.15, -0.1) is 24.0 Å². The van der Waals surface area contributed by atoms with Gasteiger partial charge in [-0.25, -0.2) is 4.79 Å². The SMILES string of the molecule is CCNC(=NCC1CCCCN1C(=O)OC(C)(C)C)N1CCC(COC)C1.I. The molecule has 2 heterocycles. The molecule has 2 aliphatic rings. The van der Waals surface area contributed by atoms with E-state index < -0.39 is 5.60 Å². The molecule has 0 aromatic heterocycles. The lowest BCUT2D eigenvalue weighted by atomic mass is 10.0. The van der Waals surface area contributed by atoms with Crippen molar-refractivity contribution in [2.45, 2.75) is 65.0 Å². The van der Waals surface area contributed by atoms with Gasteiger partial charge in [0.1, 0.15) is 5.60 Å². The third-order valence-corrected chi connectivity index (χ3v) is 5.03. The molecule has 2 fully saturated rings. The van der Waals surface area contributed by atoms with E-state index >= 15 is 0 Å². The zero-order valence-electron chi connectivity index (χ0n) is 18.2. The molecule has 1 N–H and O–H groups in total. The Labute approximate surface area is 187 Å². The zero-order chi connectivity index (χ0) is 19.9. The lowest BCUT2D eigenvalue weighted by molar-refractivity contribution is 0.0109. The first-order chi connectivity index (χ1) is 12.8. The van der Waals surface area contributed by atoms with Crippen molar-refractivity contribution in [2.75, 3.05) is 46.4 Å². The van der Waals surface area contributed by atoms with Crippen LogP contribution in [0.2, 0.25) is 0 Å². The molecule has 0 bridgehead atoms. The van der Waals surface area contributed by atoms with Gasteiger partial charge in [-0.05, 0) is 53.4 Å². The normalized spacial score (nSPS) is 23.4. The summed E-state index contributed by atoms with van der Waals surface area (Å²) in [5.41, 5.74) is -0.469. The van der Waals surface area contributed by atoms with Crippen molar-refractivity contribution in [3.63, 3.8) is 0 Å². The minimum Gasteiger partial charge on any atom is -0.444 e. The van der Waals surface area contributed by atoms with E-state index in [1.807, 2.05) is 25.7 Å². The molecule has 2 unspecified atom stereocenters. The fraction of sp³-hybridized carbons (Fsp3) is 0.900.